The summed E-state index contributed by atoms with van der Waals surface area (Å²) >= 11 is 0. The maximum absolute atomic E-state index is 12.5. The average molecular weight is 389 g/mol. The Hall–Kier alpha value is -1.31. The first-order valence-electron chi connectivity index (χ1n) is 8.05. The lowest BCUT2D eigenvalue weighted by Crippen LogP contribution is -2.32. The molecule has 140 valence electrons. The number of aromatic nitrogens is 2. The molecule has 1 fully saturated rings. The van der Waals surface area contributed by atoms with E-state index in [0.717, 1.165) is 19.1 Å². The maximum atomic E-state index is 12.5. The summed E-state index contributed by atoms with van der Waals surface area (Å²) in [6.45, 7) is 3.81. The van der Waals surface area contributed by atoms with Crippen LogP contribution in [0.15, 0.2) is 12.3 Å². The first kappa shape index (κ1) is 20.0. The molecule has 1 atom stereocenters. The molecule has 1 saturated heterocycles. The van der Waals surface area contributed by atoms with Crippen molar-refractivity contribution in [3.63, 3.8) is 0 Å². The molecule has 1 aliphatic rings. The molecule has 0 N–H and O–H groups in total. The van der Waals surface area contributed by atoms with Crippen LogP contribution in [0.3, 0.4) is 0 Å². The molecule has 0 unspecified atom stereocenters. The van der Waals surface area contributed by atoms with Crippen molar-refractivity contribution in [3.05, 3.63) is 23.8 Å². The monoisotopic (exact) mass is 389 g/mol. The van der Waals surface area contributed by atoms with E-state index in [-0.39, 0.29) is 25.0 Å². The van der Waals surface area contributed by atoms with E-state index in [0.29, 0.717) is 24.2 Å². The number of carbonyl (C=O) groups is 1. The van der Waals surface area contributed by atoms with E-state index in [1.807, 2.05) is 0 Å². The molecule has 1 amide bonds. The van der Waals surface area contributed by atoms with Gasteiger partial charge in [-0.05, 0) is 32.2 Å². The first-order valence-corrected chi connectivity index (χ1v) is 12.7. The van der Waals surface area contributed by atoms with E-state index < -0.39 is 17.3 Å². The molecule has 0 radical (unpaired) electrons. The molecule has 0 spiro atoms. The second kappa shape index (κ2) is 7.93. The Labute approximate surface area is 148 Å². The van der Waals surface area contributed by atoms with E-state index in [9.17, 15) is 17.8 Å². The van der Waals surface area contributed by atoms with Gasteiger partial charge in [0.15, 0.2) is 5.82 Å². The lowest BCUT2D eigenvalue weighted by atomic mass is 10.2. The number of carbonyl (C=O) groups excluding carboxylic acids is 1. The average Bonchev–Trinajstić information content (AvgIpc) is 2.99. The smallest absolute Gasteiger partial charge is 0.264 e. The van der Waals surface area contributed by atoms with Crippen LogP contribution in [0.1, 0.15) is 36.8 Å². The number of rotatable bonds is 7. The number of nitrogens with zero attached hydrogens (tertiary/aromatic N) is 3. The Bertz CT molecular complexity index is 777. The molecule has 0 aliphatic carbocycles. The van der Waals surface area contributed by atoms with Gasteiger partial charge in [-0.1, -0.05) is 0 Å². The van der Waals surface area contributed by atoms with Crippen LogP contribution in [0.5, 0.6) is 0 Å². The van der Waals surface area contributed by atoms with Crippen LogP contribution in [0.2, 0.25) is 0 Å². The fourth-order valence-corrected chi connectivity index (χ4v) is 3.73. The highest BCUT2D eigenvalue weighted by Gasteiger charge is 2.32. The predicted octanol–water partition coefficient (Wildman–Crippen LogP) is 1.63. The highest BCUT2D eigenvalue weighted by atomic mass is 32.2. The van der Waals surface area contributed by atoms with Crippen LogP contribution in [0.25, 0.3) is 0 Å². The van der Waals surface area contributed by atoms with Gasteiger partial charge >= 0.3 is 0 Å². The predicted molar refractivity (Wildman–Crippen MR) is 94.3 cm³/mol. The molecule has 1 aromatic rings. The van der Waals surface area contributed by atoms with Crippen LogP contribution < -0.4 is 0 Å². The third-order valence-corrected chi connectivity index (χ3v) is 5.73. The van der Waals surface area contributed by atoms with Gasteiger partial charge in [0.25, 0.3) is 10.1 Å². The van der Waals surface area contributed by atoms with Crippen LogP contribution >= 0.6 is 7.14 Å². The second-order valence-corrected chi connectivity index (χ2v) is 11.9. The van der Waals surface area contributed by atoms with Crippen molar-refractivity contribution in [2.24, 2.45) is 0 Å². The molecule has 0 saturated carbocycles. The molecule has 2 heterocycles. The SMILES string of the molecule is CP(C)(=O)CCC(=O)N1CCC[C@@H]1c1nccc(COS(C)(=O)=O)n1. The van der Waals surface area contributed by atoms with Crippen LogP contribution in [0, 0.1) is 0 Å². The van der Waals surface area contributed by atoms with Gasteiger partial charge in [0.2, 0.25) is 5.91 Å². The largest absolute Gasteiger partial charge is 0.332 e. The van der Waals surface area contributed by atoms with E-state index in [1.54, 1.807) is 24.3 Å². The van der Waals surface area contributed by atoms with Crippen molar-refractivity contribution in [1.29, 1.82) is 0 Å². The molecule has 8 nitrogen and oxygen atoms in total. The van der Waals surface area contributed by atoms with Crippen LogP contribution in [0.4, 0.5) is 0 Å². The summed E-state index contributed by atoms with van der Waals surface area (Å²) in [4.78, 5) is 22.8. The summed E-state index contributed by atoms with van der Waals surface area (Å²) in [7, 11) is -5.79. The van der Waals surface area contributed by atoms with Crippen molar-refractivity contribution < 1.29 is 22.0 Å². The van der Waals surface area contributed by atoms with Gasteiger partial charge in [-0.15, -0.1) is 0 Å². The minimum absolute atomic E-state index is 0.0483. The van der Waals surface area contributed by atoms with E-state index in [2.05, 4.69) is 9.97 Å². The summed E-state index contributed by atoms with van der Waals surface area (Å²) in [5, 5.41) is 0. The standard InChI is InChI=1S/C15H24N3O5PS/c1-24(2,20)10-7-14(19)18-9-4-5-13(18)15-16-8-6-12(17-15)11-23-25(3,21)22/h6,8,13H,4-5,7,9-11H2,1-3H3/t13-/m1/s1. The maximum Gasteiger partial charge on any atom is 0.264 e. The molecule has 2 rings (SSSR count). The Balaban J connectivity index is 2.08. The zero-order chi connectivity index (χ0) is 18.7. The molecule has 0 bridgehead atoms. The highest BCUT2D eigenvalue weighted by Crippen LogP contribution is 2.37. The zero-order valence-electron chi connectivity index (χ0n) is 14.7. The molecule has 1 aliphatic heterocycles. The van der Waals surface area contributed by atoms with E-state index in [1.165, 1.54) is 6.20 Å². The molecule has 0 aromatic carbocycles. The molecule has 25 heavy (non-hydrogen) atoms. The zero-order valence-corrected chi connectivity index (χ0v) is 16.4. The normalized spacial score (nSPS) is 18.5. The lowest BCUT2D eigenvalue weighted by molar-refractivity contribution is -0.131. The first-order chi connectivity index (χ1) is 11.6. The topological polar surface area (TPSA) is 107 Å². The van der Waals surface area contributed by atoms with Gasteiger partial charge in [-0.3, -0.25) is 8.98 Å². The van der Waals surface area contributed by atoms with Gasteiger partial charge in [0.1, 0.15) is 6.61 Å². The van der Waals surface area contributed by atoms with Gasteiger partial charge < -0.3 is 9.46 Å². The van der Waals surface area contributed by atoms with Crippen molar-refractivity contribution in [2.75, 3.05) is 32.3 Å². The molecular weight excluding hydrogens is 365 g/mol. The Morgan fingerprint density at radius 3 is 2.80 bits per heavy atom. The van der Waals surface area contributed by atoms with Gasteiger partial charge in [-0.25, -0.2) is 9.97 Å². The van der Waals surface area contributed by atoms with E-state index >= 15 is 0 Å². The molecular formula is C15H24N3O5PS. The van der Waals surface area contributed by atoms with Crippen molar-refractivity contribution >= 4 is 23.2 Å². The minimum atomic E-state index is -3.55. The quantitative estimate of drug-likeness (QED) is 0.515. The number of likely N-dealkylation sites (tertiary alicyclic amines) is 1. The third-order valence-electron chi connectivity index (χ3n) is 3.89. The number of hydrogen-bond donors (Lipinski definition) is 0. The number of hydrogen-bond acceptors (Lipinski definition) is 7. The third kappa shape index (κ3) is 6.49. The fourth-order valence-electron chi connectivity index (χ4n) is 2.66. The summed E-state index contributed by atoms with van der Waals surface area (Å²) in [6, 6.07) is 1.35. The number of amides is 1. The summed E-state index contributed by atoms with van der Waals surface area (Å²) in [5.41, 5.74) is 0.446. The Kier molecular flexibility index (Phi) is 6.35. The molecule has 10 heteroatoms. The van der Waals surface area contributed by atoms with Gasteiger partial charge in [0.05, 0.1) is 25.1 Å². The van der Waals surface area contributed by atoms with Gasteiger partial charge in [0, 0.05) is 25.3 Å². The summed E-state index contributed by atoms with van der Waals surface area (Å²) in [6.07, 6.45) is 4.75. The summed E-state index contributed by atoms with van der Waals surface area (Å²) < 4.78 is 38.8. The Morgan fingerprint density at radius 2 is 2.16 bits per heavy atom. The van der Waals surface area contributed by atoms with Crippen molar-refractivity contribution in [3.8, 4) is 0 Å². The Morgan fingerprint density at radius 1 is 1.44 bits per heavy atom. The van der Waals surface area contributed by atoms with Crippen molar-refractivity contribution in [2.45, 2.75) is 31.9 Å². The summed E-state index contributed by atoms with van der Waals surface area (Å²) in [5.74, 6) is 0.435. The van der Waals surface area contributed by atoms with E-state index in [4.69, 9.17) is 4.18 Å². The van der Waals surface area contributed by atoms with Crippen LogP contribution in [-0.2, 0) is 30.3 Å². The molecule has 1 aromatic heterocycles. The highest BCUT2D eigenvalue weighted by molar-refractivity contribution is 7.85. The second-order valence-electron chi connectivity index (χ2n) is 6.67. The fraction of sp³-hybridized carbons (Fsp3) is 0.667. The minimum Gasteiger partial charge on any atom is -0.332 e. The van der Waals surface area contributed by atoms with Crippen molar-refractivity contribution in [1.82, 2.24) is 14.9 Å². The lowest BCUT2D eigenvalue weighted by Gasteiger charge is -2.24. The van der Waals surface area contributed by atoms with Gasteiger partial charge in [-0.2, -0.15) is 8.42 Å². The van der Waals surface area contributed by atoms with Crippen LogP contribution in [-0.4, -0.2) is 61.5 Å².